The molecule has 3 atom stereocenters. The van der Waals surface area contributed by atoms with Crippen molar-refractivity contribution in [1.82, 2.24) is 4.90 Å². The molecule has 2 aromatic rings. The molecule has 4 rings (SSSR count). The molecule has 246 valence electrons. The van der Waals surface area contributed by atoms with Gasteiger partial charge in [0, 0.05) is 49.1 Å². The number of ether oxygens (including phenoxy) is 8. The number of nitrogens with zero attached hydrogens (tertiary/aromatic N) is 1. The molecule has 1 amide bonds. The Bertz CT molecular complexity index is 1110. The van der Waals surface area contributed by atoms with E-state index in [4.69, 9.17) is 47.4 Å². The molecule has 0 saturated carbocycles. The molecule has 1 aromatic heterocycles. The molecule has 1 fully saturated rings. The van der Waals surface area contributed by atoms with Crippen LogP contribution >= 0.6 is 0 Å². The molecule has 2 aliphatic rings. The Balaban J connectivity index is 1.54. The van der Waals surface area contributed by atoms with Crippen molar-refractivity contribution in [2.75, 3.05) is 106 Å². The molecular weight excluding hydrogens is 574 g/mol. The number of benzene rings is 1. The minimum absolute atomic E-state index is 0.0232. The molecule has 0 unspecified atom stereocenters. The fraction of sp³-hybridized carbons (Fsp3) is 0.656. The maximum absolute atomic E-state index is 14.0. The highest BCUT2D eigenvalue weighted by Gasteiger charge is 2.40. The van der Waals surface area contributed by atoms with Crippen LogP contribution in [0.4, 0.5) is 0 Å². The molecule has 0 aliphatic carbocycles. The average molecular weight is 622 g/mol. The monoisotopic (exact) mass is 621 g/mol. The molecule has 0 radical (unpaired) electrons. The van der Waals surface area contributed by atoms with E-state index in [1.54, 1.807) is 11.2 Å². The molecule has 0 bridgehead atoms. The van der Waals surface area contributed by atoms with Crippen LogP contribution in [-0.2, 0) is 42.7 Å². The Kier molecular flexibility index (Phi) is 15.4. The van der Waals surface area contributed by atoms with Crippen molar-refractivity contribution >= 4 is 16.9 Å². The van der Waals surface area contributed by atoms with Crippen molar-refractivity contribution in [2.45, 2.75) is 25.6 Å². The Morgan fingerprint density at radius 1 is 0.886 bits per heavy atom. The summed E-state index contributed by atoms with van der Waals surface area (Å²) in [7, 11) is 0. The van der Waals surface area contributed by atoms with Gasteiger partial charge in [0.2, 0.25) is 6.29 Å². The van der Waals surface area contributed by atoms with Gasteiger partial charge in [0.1, 0.15) is 5.58 Å². The largest absolute Gasteiger partial charge is 0.464 e. The summed E-state index contributed by atoms with van der Waals surface area (Å²) in [6.45, 7) is 8.03. The van der Waals surface area contributed by atoms with Gasteiger partial charge < -0.3 is 52.3 Å². The van der Waals surface area contributed by atoms with E-state index in [0.29, 0.717) is 98.8 Å². The van der Waals surface area contributed by atoms with Crippen LogP contribution in [0.15, 0.2) is 46.8 Å². The van der Waals surface area contributed by atoms with Crippen LogP contribution in [0.2, 0.25) is 0 Å². The van der Waals surface area contributed by atoms with E-state index in [1.165, 1.54) is 0 Å². The Labute approximate surface area is 259 Å². The van der Waals surface area contributed by atoms with Crippen LogP contribution in [0.25, 0.3) is 11.0 Å². The van der Waals surface area contributed by atoms with Gasteiger partial charge in [-0.2, -0.15) is 0 Å². The molecule has 12 nitrogen and oxygen atoms in total. The number of amides is 1. The summed E-state index contributed by atoms with van der Waals surface area (Å²) < 4.78 is 52.0. The lowest BCUT2D eigenvalue weighted by Gasteiger charge is -2.37. The van der Waals surface area contributed by atoms with Crippen molar-refractivity contribution in [3.63, 3.8) is 0 Å². The molecule has 1 N–H and O–H groups in total. The molecule has 44 heavy (non-hydrogen) atoms. The smallest absolute Gasteiger partial charge is 0.288 e. The zero-order valence-corrected chi connectivity index (χ0v) is 25.7. The lowest BCUT2D eigenvalue weighted by Crippen LogP contribution is -2.43. The number of fused-ring (bicyclic) bond motifs is 1. The van der Waals surface area contributed by atoms with Gasteiger partial charge >= 0.3 is 0 Å². The van der Waals surface area contributed by atoms with Crippen LogP contribution in [0.1, 0.15) is 24.8 Å². The highest BCUT2D eigenvalue weighted by molar-refractivity contribution is 5.92. The predicted molar refractivity (Wildman–Crippen MR) is 160 cm³/mol. The second-order valence-corrected chi connectivity index (χ2v) is 10.3. The number of rotatable bonds is 12. The zero-order chi connectivity index (χ0) is 30.8. The van der Waals surface area contributed by atoms with Gasteiger partial charge in [-0.25, -0.2) is 0 Å². The normalized spacial score (nSPS) is 23.0. The fourth-order valence-electron chi connectivity index (χ4n) is 5.23. The molecule has 2 aliphatic heterocycles. The summed E-state index contributed by atoms with van der Waals surface area (Å²) in [6.07, 6.45) is 3.59. The zero-order valence-electron chi connectivity index (χ0n) is 25.7. The first kappa shape index (κ1) is 34.3. The molecule has 1 saturated heterocycles. The van der Waals surface area contributed by atoms with Crippen LogP contribution < -0.4 is 0 Å². The van der Waals surface area contributed by atoms with E-state index in [0.717, 1.165) is 16.5 Å². The van der Waals surface area contributed by atoms with Crippen LogP contribution in [0.5, 0.6) is 0 Å². The maximum atomic E-state index is 14.0. The molecule has 0 spiro atoms. The van der Waals surface area contributed by atoms with Gasteiger partial charge in [-0.1, -0.05) is 18.2 Å². The van der Waals surface area contributed by atoms with Crippen molar-refractivity contribution in [3.05, 3.63) is 47.9 Å². The third-order valence-electron chi connectivity index (χ3n) is 7.41. The van der Waals surface area contributed by atoms with Gasteiger partial charge in [0.15, 0.2) is 5.76 Å². The van der Waals surface area contributed by atoms with Gasteiger partial charge in [-0.05, 0) is 25.5 Å². The van der Waals surface area contributed by atoms with Gasteiger partial charge in [0.05, 0.1) is 85.5 Å². The first-order valence-corrected chi connectivity index (χ1v) is 15.6. The SMILES string of the molecule is CCO[C@@H]1OC(C(=O)N2CCOCCOCCOCCOCC2)=C[C@H](c2coc3ccccc23)[C@@H]1CCOCCOCCO. The number of furan rings is 1. The highest BCUT2D eigenvalue weighted by Crippen LogP contribution is 2.42. The number of aliphatic hydroxyl groups is 1. The van der Waals surface area contributed by atoms with E-state index in [-0.39, 0.29) is 36.7 Å². The minimum atomic E-state index is -0.679. The summed E-state index contributed by atoms with van der Waals surface area (Å²) in [6, 6.07) is 7.85. The Morgan fingerprint density at radius 2 is 1.52 bits per heavy atom. The van der Waals surface area contributed by atoms with Gasteiger partial charge in [-0.3, -0.25) is 4.79 Å². The third kappa shape index (κ3) is 10.5. The van der Waals surface area contributed by atoms with E-state index in [9.17, 15) is 4.79 Å². The molecule has 12 heteroatoms. The van der Waals surface area contributed by atoms with E-state index in [2.05, 4.69) is 0 Å². The number of hydrogen-bond acceptors (Lipinski definition) is 11. The number of hydrogen-bond donors (Lipinski definition) is 1. The fourth-order valence-corrected chi connectivity index (χ4v) is 5.23. The van der Waals surface area contributed by atoms with Crippen LogP contribution in [0.3, 0.4) is 0 Å². The third-order valence-corrected chi connectivity index (χ3v) is 7.41. The van der Waals surface area contributed by atoms with E-state index < -0.39 is 6.29 Å². The topological polar surface area (TPSA) is 128 Å². The second-order valence-electron chi connectivity index (χ2n) is 10.3. The maximum Gasteiger partial charge on any atom is 0.288 e. The quantitative estimate of drug-likeness (QED) is 0.352. The van der Waals surface area contributed by atoms with Gasteiger partial charge in [-0.15, -0.1) is 0 Å². The minimum Gasteiger partial charge on any atom is -0.464 e. The van der Waals surface area contributed by atoms with Crippen LogP contribution in [-0.4, -0.2) is 128 Å². The first-order valence-electron chi connectivity index (χ1n) is 15.6. The summed E-state index contributed by atoms with van der Waals surface area (Å²) in [5.41, 5.74) is 1.73. The molecule has 3 heterocycles. The number of para-hydroxylation sites is 1. The molecular formula is C32H47NO11. The van der Waals surface area contributed by atoms with Crippen molar-refractivity contribution < 1.29 is 52.2 Å². The van der Waals surface area contributed by atoms with E-state index in [1.807, 2.05) is 37.3 Å². The number of allylic oxidation sites excluding steroid dienone is 1. The highest BCUT2D eigenvalue weighted by atomic mass is 16.7. The molecule has 1 aromatic carbocycles. The lowest BCUT2D eigenvalue weighted by atomic mass is 9.81. The van der Waals surface area contributed by atoms with E-state index >= 15 is 0 Å². The number of carbonyl (C=O) groups is 1. The number of carbonyl (C=O) groups excluding carboxylic acids is 1. The number of aliphatic hydroxyl groups excluding tert-OH is 1. The van der Waals surface area contributed by atoms with Crippen molar-refractivity contribution in [2.24, 2.45) is 5.92 Å². The lowest BCUT2D eigenvalue weighted by molar-refractivity contribution is -0.172. The van der Waals surface area contributed by atoms with Crippen molar-refractivity contribution in [1.29, 1.82) is 0 Å². The van der Waals surface area contributed by atoms with Crippen LogP contribution in [0, 0.1) is 5.92 Å². The Hall–Kier alpha value is -2.55. The Morgan fingerprint density at radius 3 is 2.18 bits per heavy atom. The predicted octanol–water partition coefficient (Wildman–Crippen LogP) is 2.73. The summed E-state index contributed by atoms with van der Waals surface area (Å²) in [5, 5.41) is 9.88. The average Bonchev–Trinajstić information content (AvgIpc) is 3.47. The summed E-state index contributed by atoms with van der Waals surface area (Å²) in [4.78, 5) is 15.7. The van der Waals surface area contributed by atoms with Gasteiger partial charge in [0.25, 0.3) is 5.91 Å². The first-order chi connectivity index (χ1) is 21.7. The summed E-state index contributed by atoms with van der Waals surface area (Å²) in [5.74, 6) is -0.423. The standard InChI is InChI=1S/C32H47NO11/c1-2-42-32-26(7-11-36-15-18-39-14-10-34)27(28-24-43-29-6-4-3-5-25(28)29)23-30(44-32)31(35)33-8-12-37-16-19-40-21-22-41-20-17-38-13-9-33/h3-6,23-24,26-27,32,34H,2,7-22H2,1H3/t26-,27-,32+/m0/s1. The summed E-state index contributed by atoms with van der Waals surface area (Å²) >= 11 is 0. The van der Waals surface area contributed by atoms with Crippen molar-refractivity contribution in [3.8, 4) is 0 Å². The second kappa shape index (κ2) is 19.8.